The Hall–Kier alpha value is -1.78. The topological polar surface area (TPSA) is 71.2 Å². The molecule has 19 heavy (non-hydrogen) atoms. The van der Waals surface area contributed by atoms with Gasteiger partial charge in [0, 0.05) is 19.6 Å². The van der Waals surface area contributed by atoms with E-state index in [1.807, 2.05) is 12.4 Å². The predicted octanol–water partition coefficient (Wildman–Crippen LogP) is 1.61. The molecule has 5 nitrogen and oxygen atoms in total. The van der Waals surface area contributed by atoms with Gasteiger partial charge in [-0.25, -0.2) is 0 Å². The first-order valence-electron chi connectivity index (χ1n) is 6.94. The fraction of sp³-hybridized carbons (Fsp3) is 0.571. The van der Waals surface area contributed by atoms with E-state index < -0.39 is 0 Å². The Morgan fingerprint density at radius 1 is 1.58 bits per heavy atom. The average molecular weight is 262 g/mol. The molecule has 3 N–H and O–H groups in total. The average Bonchev–Trinajstić information content (AvgIpc) is 2.45. The van der Waals surface area contributed by atoms with Crippen LogP contribution in [0.25, 0.3) is 0 Å². The first-order chi connectivity index (χ1) is 9.20. The molecular weight excluding hydrogens is 240 g/mol. The van der Waals surface area contributed by atoms with Crippen molar-refractivity contribution in [2.75, 3.05) is 29.9 Å². The second kappa shape index (κ2) is 6.41. The third-order valence-corrected chi connectivity index (χ3v) is 3.49. The lowest BCUT2D eigenvalue weighted by Crippen LogP contribution is -2.41. The second-order valence-electron chi connectivity index (χ2n) is 5.05. The van der Waals surface area contributed by atoms with E-state index in [1.54, 1.807) is 0 Å². The zero-order valence-electron chi connectivity index (χ0n) is 11.4. The number of pyridine rings is 1. The molecule has 0 spiro atoms. The molecule has 1 atom stereocenters. The Labute approximate surface area is 114 Å². The minimum atomic E-state index is -0.196. The number of nitrogens with zero attached hydrogens (tertiary/aromatic N) is 2. The molecule has 0 saturated carbocycles. The highest BCUT2D eigenvalue weighted by atomic mass is 16.1. The number of nitrogens with one attached hydrogen (secondary N) is 1. The van der Waals surface area contributed by atoms with E-state index in [0.717, 1.165) is 43.7 Å². The van der Waals surface area contributed by atoms with Crippen LogP contribution in [0.2, 0.25) is 0 Å². The van der Waals surface area contributed by atoms with Crippen LogP contribution in [0.5, 0.6) is 0 Å². The molecule has 0 bridgehead atoms. The summed E-state index contributed by atoms with van der Waals surface area (Å²) >= 11 is 0. The standard InChI is InChI=1S/C14H22N4O/c1-2-5-17-12-7-13(9-16-8-12)18-6-3-4-11(10-18)14(15)19/h7-9,11,17H,2-6,10H2,1H3,(H2,15,19). The van der Waals surface area contributed by atoms with Crippen LogP contribution in [-0.2, 0) is 4.79 Å². The van der Waals surface area contributed by atoms with Crippen molar-refractivity contribution in [3.8, 4) is 0 Å². The number of hydrogen-bond acceptors (Lipinski definition) is 4. The van der Waals surface area contributed by atoms with Gasteiger partial charge in [0.15, 0.2) is 0 Å². The van der Waals surface area contributed by atoms with Crippen LogP contribution in [0, 0.1) is 5.92 Å². The molecular formula is C14H22N4O. The number of primary amides is 1. The van der Waals surface area contributed by atoms with Crippen molar-refractivity contribution in [1.82, 2.24) is 4.98 Å². The number of amides is 1. The summed E-state index contributed by atoms with van der Waals surface area (Å²) < 4.78 is 0. The Morgan fingerprint density at radius 2 is 2.42 bits per heavy atom. The molecule has 0 radical (unpaired) electrons. The van der Waals surface area contributed by atoms with Crippen molar-refractivity contribution in [2.45, 2.75) is 26.2 Å². The summed E-state index contributed by atoms with van der Waals surface area (Å²) in [7, 11) is 0. The molecule has 2 rings (SSSR count). The number of aromatic nitrogens is 1. The van der Waals surface area contributed by atoms with E-state index in [4.69, 9.17) is 5.73 Å². The molecule has 1 unspecified atom stereocenters. The summed E-state index contributed by atoms with van der Waals surface area (Å²) in [4.78, 5) is 17.8. The van der Waals surface area contributed by atoms with Gasteiger partial charge >= 0.3 is 0 Å². The van der Waals surface area contributed by atoms with Crippen molar-refractivity contribution < 1.29 is 4.79 Å². The second-order valence-corrected chi connectivity index (χ2v) is 5.05. The fourth-order valence-corrected chi connectivity index (χ4v) is 2.41. The van der Waals surface area contributed by atoms with Crippen molar-refractivity contribution >= 4 is 17.3 Å². The van der Waals surface area contributed by atoms with Crippen molar-refractivity contribution in [3.05, 3.63) is 18.5 Å². The van der Waals surface area contributed by atoms with Crippen molar-refractivity contribution in [2.24, 2.45) is 11.7 Å². The molecule has 1 aliphatic heterocycles. The summed E-state index contributed by atoms with van der Waals surface area (Å²) in [6, 6.07) is 2.09. The highest BCUT2D eigenvalue weighted by Crippen LogP contribution is 2.24. The van der Waals surface area contributed by atoms with Crippen LogP contribution in [0.1, 0.15) is 26.2 Å². The number of piperidine rings is 1. The molecule has 1 fully saturated rings. The largest absolute Gasteiger partial charge is 0.384 e. The summed E-state index contributed by atoms with van der Waals surface area (Å²) in [5.74, 6) is -0.237. The minimum Gasteiger partial charge on any atom is -0.384 e. The Kier molecular flexibility index (Phi) is 4.60. The van der Waals surface area contributed by atoms with Gasteiger partial charge in [-0.15, -0.1) is 0 Å². The summed E-state index contributed by atoms with van der Waals surface area (Å²) in [5, 5.41) is 3.33. The fourth-order valence-electron chi connectivity index (χ4n) is 2.41. The number of rotatable bonds is 5. The van der Waals surface area contributed by atoms with E-state index in [2.05, 4.69) is 28.2 Å². The molecule has 104 valence electrons. The van der Waals surface area contributed by atoms with E-state index in [9.17, 15) is 4.79 Å². The number of carbonyl (C=O) groups is 1. The molecule has 1 aliphatic rings. The quantitative estimate of drug-likeness (QED) is 0.845. The third-order valence-electron chi connectivity index (χ3n) is 3.49. The van der Waals surface area contributed by atoms with Gasteiger partial charge < -0.3 is 16.0 Å². The SMILES string of the molecule is CCCNc1cncc(N2CCCC(C(N)=O)C2)c1. The normalized spacial score (nSPS) is 19.2. The lowest BCUT2D eigenvalue weighted by molar-refractivity contribution is -0.122. The zero-order valence-corrected chi connectivity index (χ0v) is 11.4. The summed E-state index contributed by atoms with van der Waals surface area (Å²) in [6.45, 7) is 4.73. The third kappa shape index (κ3) is 3.59. The zero-order chi connectivity index (χ0) is 13.7. The van der Waals surface area contributed by atoms with Crippen molar-refractivity contribution in [1.29, 1.82) is 0 Å². The van der Waals surface area contributed by atoms with Gasteiger partial charge in [-0.3, -0.25) is 9.78 Å². The Morgan fingerprint density at radius 3 is 3.16 bits per heavy atom. The van der Waals surface area contributed by atoms with Gasteiger partial charge in [-0.1, -0.05) is 6.92 Å². The van der Waals surface area contributed by atoms with Gasteiger partial charge in [-0.2, -0.15) is 0 Å². The lowest BCUT2D eigenvalue weighted by Gasteiger charge is -2.32. The van der Waals surface area contributed by atoms with Gasteiger partial charge in [0.1, 0.15) is 0 Å². The molecule has 1 amide bonds. The molecule has 1 saturated heterocycles. The maximum absolute atomic E-state index is 11.3. The van der Waals surface area contributed by atoms with Gasteiger partial charge in [0.2, 0.25) is 5.91 Å². The van der Waals surface area contributed by atoms with Gasteiger partial charge in [0.25, 0.3) is 0 Å². The van der Waals surface area contributed by atoms with Crippen LogP contribution >= 0.6 is 0 Å². The number of hydrogen-bond donors (Lipinski definition) is 2. The first-order valence-corrected chi connectivity index (χ1v) is 6.94. The van der Waals surface area contributed by atoms with Gasteiger partial charge in [0.05, 0.1) is 29.7 Å². The maximum atomic E-state index is 11.3. The Bertz CT molecular complexity index is 435. The van der Waals surface area contributed by atoms with Crippen LogP contribution in [0.15, 0.2) is 18.5 Å². The number of anilines is 2. The lowest BCUT2D eigenvalue weighted by atomic mass is 9.97. The van der Waals surface area contributed by atoms with Crippen LogP contribution < -0.4 is 16.0 Å². The molecule has 2 heterocycles. The van der Waals surface area contributed by atoms with E-state index in [-0.39, 0.29) is 11.8 Å². The monoisotopic (exact) mass is 262 g/mol. The summed E-state index contributed by atoms with van der Waals surface area (Å²) in [5.41, 5.74) is 7.50. The molecule has 0 aromatic carbocycles. The molecule has 5 heteroatoms. The van der Waals surface area contributed by atoms with Crippen LogP contribution in [0.4, 0.5) is 11.4 Å². The number of carbonyl (C=O) groups excluding carboxylic acids is 1. The van der Waals surface area contributed by atoms with Crippen LogP contribution in [0.3, 0.4) is 0 Å². The Balaban J connectivity index is 2.06. The van der Waals surface area contributed by atoms with Crippen molar-refractivity contribution in [3.63, 3.8) is 0 Å². The highest BCUT2D eigenvalue weighted by Gasteiger charge is 2.24. The maximum Gasteiger partial charge on any atom is 0.222 e. The summed E-state index contributed by atoms with van der Waals surface area (Å²) in [6.07, 6.45) is 6.65. The van der Waals surface area contributed by atoms with E-state index in [1.165, 1.54) is 0 Å². The molecule has 0 aliphatic carbocycles. The van der Waals surface area contributed by atoms with E-state index in [0.29, 0.717) is 6.54 Å². The first kappa shape index (κ1) is 13.6. The number of nitrogens with two attached hydrogens (primary N) is 1. The van der Waals surface area contributed by atoms with Crippen LogP contribution in [-0.4, -0.2) is 30.5 Å². The van der Waals surface area contributed by atoms with E-state index >= 15 is 0 Å². The highest BCUT2D eigenvalue weighted by molar-refractivity contribution is 5.77. The van der Waals surface area contributed by atoms with Gasteiger partial charge in [-0.05, 0) is 25.3 Å². The molecule has 1 aromatic rings. The smallest absolute Gasteiger partial charge is 0.222 e. The molecule has 1 aromatic heterocycles. The predicted molar refractivity (Wildman–Crippen MR) is 77.1 cm³/mol. The minimum absolute atomic E-state index is 0.0407.